The van der Waals surface area contributed by atoms with Crippen molar-refractivity contribution in [3.05, 3.63) is 29.3 Å². The normalized spacial score (nSPS) is 22.1. The number of rotatable bonds is 5. The second-order valence-electron chi connectivity index (χ2n) is 6.80. The van der Waals surface area contributed by atoms with Crippen LogP contribution in [0.25, 0.3) is 0 Å². The number of aliphatic imine (C=N–C) groups is 1. The van der Waals surface area contributed by atoms with Crippen LogP contribution >= 0.6 is 11.6 Å². The summed E-state index contributed by atoms with van der Waals surface area (Å²) in [6.07, 6.45) is 3.67. The summed E-state index contributed by atoms with van der Waals surface area (Å²) in [7, 11) is 0. The van der Waals surface area contributed by atoms with Crippen LogP contribution in [-0.2, 0) is 9.59 Å². The molecule has 1 atom stereocenters. The zero-order valence-corrected chi connectivity index (χ0v) is 16.0. The molecular weight excluding hydrogens is 368 g/mol. The van der Waals surface area contributed by atoms with Crippen molar-refractivity contribution in [2.75, 3.05) is 31.1 Å². The Morgan fingerprint density at radius 1 is 1.15 bits per heavy atom. The number of nitrogens with zero attached hydrogens (tertiary/aromatic N) is 3. The third-order valence-corrected chi connectivity index (χ3v) is 5.14. The minimum atomic E-state index is -1.10. The van der Waals surface area contributed by atoms with Crippen LogP contribution in [0.15, 0.2) is 29.3 Å². The number of piperidine rings is 1. The predicted octanol–water partition coefficient (Wildman–Crippen LogP) is 2.49. The van der Waals surface area contributed by atoms with Gasteiger partial charge in [0.1, 0.15) is 0 Å². The number of anilines is 1. The molecule has 1 N–H and O–H groups in total. The Hall–Kier alpha value is -2.25. The molecule has 2 aliphatic heterocycles. The first kappa shape index (κ1) is 19.5. The quantitative estimate of drug-likeness (QED) is 0.618. The lowest BCUT2D eigenvalue weighted by Gasteiger charge is -2.30. The van der Waals surface area contributed by atoms with Crippen molar-refractivity contribution in [2.45, 2.75) is 26.2 Å². The fourth-order valence-electron chi connectivity index (χ4n) is 3.42. The van der Waals surface area contributed by atoms with Crippen molar-refractivity contribution in [3.8, 4) is 0 Å². The van der Waals surface area contributed by atoms with Gasteiger partial charge in [-0.3, -0.25) is 19.9 Å². The molecule has 0 radical (unpaired) electrons. The SMILES string of the molecule is CC(=NCCN1CCCCC1)C1C(=O)NC(=O)N(c2ccc(Cl)cc2)C1=O. The summed E-state index contributed by atoms with van der Waals surface area (Å²) in [5, 5.41) is 2.74. The fourth-order valence-corrected chi connectivity index (χ4v) is 3.55. The Morgan fingerprint density at radius 2 is 1.81 bits per heavy atom. The average molecular weight is 391 g/mol. The molecule has 2 aliphatic rings. The molecule has 2 saturated heterocycles. The molecule has 0 aliphatic carbocycles. The van der Waals surface area contributed by atoms with Gasteiger partial charge in [-0.05, 0) is 57.1 Å². The van der Waals surface area contributed by atoms with Gasteiger partial charge in [0.2, 0.25) is 5.91 Å². The van der Waals surface area contributed by atoms with Crippen molar-refractivity contribution in [2.24, 2.45) is 10.9 Å². The first-order chi connectivity index (χ1) is 13.0. The number of nitrogens with one attached hydrogen (secondary N) is 1. The molecule has 0 spiro atoms. The maximum atomic E-state index is 12.9. The predicted molar refractivity (Wildman–Crippen MR) is 104 cm³/mol. The molecule has 27 heavy (non-hydrogen) atoms. The van der Waals surface area contributed by atoms with Crippen molar-refractivity contribution in [1.29, 1.82) is 0 Å². The minimum Gasteiger partial charge on any atom is -0.301 e. The summed E-state index contributed by atoms with van der Waals surface area (Å²) in [5.41, 5.74) is 0.779. The molecule has 1 aromatic rings. The van der Waals surface area contributed by atoms with Crippen LogP contribution in [0, 0.1) is 5.92 Å². The van der Waals surface area contributed by atoms with Crippen molar-refractivity contribution >= 4 is 40.8 Å². The second kappa shape index (κ2) is 8.63. The Kier molecular flexibility index (Phi) is 6.23. The van der Waals surface area contributed by atoms with Gasteiger partial charge in [0.05, 0.1) is 12.2 Å². The summed E-state index contributed by atoms with van der Waals surface area (Å²) < 4.78 is 0. The summed E-state index contributed by atoms with van der Waals surface area (Å²) >= 11 is 5.87. The fraction of sp³-hybridized carbons (Fsp3) is 0.474. The van der Waals surface area contributed by atoms with E-state index in [1.54, 1.807) is 31.2 Å². The van der Waals surface area contributed by atoms with Gasteiger partial charge in [-0.2, -0.15) is 0 Å². The van der Waals surface area contributed by atoms with Gasteiger partial charge < -0.3 is 4.90 Å². The highest BCUT2D eigenvalue weighted by Crippen LogP contribution is 2.23. The minimum absolute atomic E-state index is 0.362. The first-order valence-electron chi connectivity index (χ1n) is 9.15. The molecular formula is C19H23ClN4O3. The highest BCUT2D eigenvalue weighted by Gasteiger charge is 2.42. The maximum Gasteiger partial charge on any atom is 0.335 e. The van der Waals surface area contributed by atoms with Gasteiger partial charge in [-0.25, -0.2) is 9.69 Å². The number of hydrogen-bond donors (Lipinski definition) is 1. The van der Waals surface area contributed by atoms with Crippen LogP contribution in [-0.4, -0.2) is 54.6 Å². The van der Waals surface area contributed by atoms with E-state index in [0.717, 1.165) is 24.5 Å². The number of halogens is 1. The number of urea groups is 1. The standard InChI is InChI=1S/C19H23ClN4O3/c1-13(21-9-12-23-10-3-2-4-11-23)16-17(25)22-19(27)24(18(16)26)15-7-5-14(20)6-8-15/h5-8,16H,2-4,9-12H2,1H3,(H,22,25,27). The van der Waals surface area contributed by atoms with Crippen molar-refractivity contribution in [1.82, 2.24) is 10.2 Å². The Labute approximate surface area is 163 Å². The molecule has 4 amide bonds. The van der Waals surface area contributed by atoms with Crippen LogP contribution in [0.2, 0.25) is 5.02 Å². The summed E-state index contributed by atoms with van der Waals surface area (Å²) in [6.45, 7) is 5.12. The van der Waals surface area contributed by atoms with Gasteiger partial charge >= 0.3 is 6.03 Å². The van der Waals surface area contributed by atoms with Gasteiger partial charge in [0.15, 0.2) is 5.92 Å². The van der Waals surface area contributed by atoms with Crippen LogP contribution in [0.1, 0.15) is 26.2 Å². The average Bonchev–Trinajstić information content (AvgIpc) is 2.64. The van der Waals surface area contributed by atoms with E-state index in [1.165, 1.54) is 19.3 Å². The maximum absolute atomic E-state index is 12.9. The van der Waals surface area contributed by atoms with Gasteiger partial charge in [-0.1, -0.05) is 18.0 Å². The molecule has 2 heterocycles. The van der Waals surface area contributed by atoms with Crippen molar-refractivity contribution in [3.63, 3.8) is 0 Å². The van der Waals surface area contributed by atoms with E-state index in [0.29, 0.717) is 23.0 Å². The molecule has 0 aromatic heterocycles. The van der Waals surface area contributed by atoms with Crippen molar-refractivity contribution < 1.29 is 14.4 Å². The number of carbonyl (C=O) groups excluding carboxylic acids is 3. The topological polar surface area (TPSA) is 82.1 Å². The van der Waals surface area contributed by atoms with Gasteiger partial charge in [-0.15, -0.1) is 0 Å². The number of imide groups is 2. The smallest absolute Gasteiger partial charge is 0.301 e. The van der Waals surface area contributed by atoms with E-state index in [4.69, 9.17) is 11.6 Å². The lowest BCUT2D eigenvalue weighted by atomic mass is 9.99. The van der Waals surface area contributed by atoms with Gasteiger partial charge in [0, 0.05) is 17.3 Å². The molecule has 1 aromatic carbocycles. The lowest BCUT2D eigenvalue weighted by Crippen LogP contribution is -2.60. The van der Waals surface area contributed by atoms with E-state index in [-0.39, 0.29) is 0 Å². The van der Waals surface area contributed by atoms with Gasteiger partial charge in [0.25, 0.3) is 5.91 Å². The molecule has 1 unspecified atom stereocenters. The molecule has 8 heteroatoms. The van der Waals surface area contributed by atoms with Crippen LogP contribution in [0.3, 0.4) is 0 Å². The van der Waals surface area contributed by atoms with E-state index in [9.17, 15) is 14.4 Å². The van der Waals surface area contributed by atoms with E-state index < -0.39 is 23.8 Å². The highest BCUT2D eigenvalue weighted by atomic mass is 35.5. The molecule has 7 nitrogen and oxygen atoms in total. The van der Waals surface area contributed by atoms with Crippen LogP contribution < -0.4 is 10.2 Å². The summed E-state index contributed by atoms with van der Waals surface area (Å²) in [5.74, 6) is -2.32. The molecule has 144 valence electrons. The van der Waals surface area contributed by atoms with E-state index >= 15 is 0 Å². The third-order valence-electron chi connectivity index (χ3n) is 4.89. The molecule has 0 saturated carbocycles. The first-order valence-corrected chi connectivity index (χ1v) is 9.53. The molecule has 2 fully saturated rings. The molecule has 0 bridgehead atoms. The number of carbonyl (C=O) groups is 3. The Morgan fingerprint density at radius 3 is 2.48 bits per heavy atom. The van der Waals surface area contributed by atoms with E-state index in [2.05, 4.69) is 15.2 Å². The zero-order valence-electron chi connectivity index (χ0n) is 15.3. The Bertz CT molecular complexity index is 757. The number of hydrogen-bond acceptors (Lipinski definition) is 5. The monoisotopic (exact) mass is 390 g/mol. The number of likely N-dealkylation sites (tertiary alicyclic amines) is 1. The number of benzene rings is 1. The number of barbiturate groups is 1. The zero-order chi connectivity index (χ0) is 19.4. The molecule has 3 rings (SSSR count). The lowest BCUT2D eigenvalue weighted by molar-refractivity contribution is -0.131. The highest BCUT2D eigenvalue weighted by molar-refractivity contribution is 6.35. The van der Waals surface area contributed by atoms with Crippen LogP contribution in [0.4, 0.5) is 10.5 Å². The second-order valence-corrected chi connectivity index (χ2v) is 7.24. The Balaban J connectivity index is 1.71. The third kappa shape index (κ3) is 4.54. The number of amides is 4. The summed E-state index contributed by atoms with van der Waals surface area (Å²) in [4.78, 5) is 45.0. The van der Waals surface area contributed by atoms with Crippen LogP contribution in [0.5, 0.6) is 0 Å². The largest absolute Gasteiger partial charge is 0.335 e. The summed E-state index contributed by atoms with van der Waals surface area (Å²) in [6, 6.07) is 5.54. The van der Waals surface area contributed by atoms with E-state index in [1.807, 2.05) is 0 Å².